The topological polar surface area (TPSA) is 35.2 Å². The number of hydrogen-bond acceptors (Lipinski definition) is 2. The minimum absolute atomic E-state index is 0.275. The smallest absolute Gasteiger partial charge is 0.121 e. The maximum absolute atomic E-state index is 6.88. The Morgan fingerprint density at radius 2 is 2.30 bits per heavy atom. The molecule has 0 aliphatic rings. The van der Waals surface area contributed by atoms with Crippen molar-refractivity contribution < 1.29 is 8.85 Å². The first-order chi connectivity index (χ1) is 5.87. The van der Waals surface area contributed by atoms with Crippen LogP contribution in [-0.4, -0.2) is 7.04 Å². The third kappa shape index (κ3) is 1.41. The maximum Gasteiger partial charge on any atom is 0.121 e. The molecule has 2 N–H and O–H groups in total. The van der Waals surface area contributed by atoms with Crippen LogP contribution in [0.5, 0.6) is 5.75 Å². The van der Waals surface area contributed by atoms with Crippen molar-refractivity contribution in [3.05, 3.63) is 23.8 Å². The fourth-order valence-corrected chi connectivity index (χ4v) is 0.835. The fraction of sp³-hybridized carbons (Fsp3) is 0.250. The Morgan fingerprint density at radius 1 is 1.50 bits per heavy atom. The number of ether oxygens (including phenoxy) is 1. The van der Waals surface area contributed by atoms with Crippen molar-refractivity contribution in [1.29, 1.82) is 0 Å². The molecule has 1 rings (SSSR count). The van der Waals surface area contributed by atoms with Crippen LogP contribution >= 0.6 is 0 Å². The summed E-state index contributed by atoms with van der Waals surface area (Å²) in [6.07, 6.45) is 0. The second-order valence-corrected chi connectivity index (χ2v) is 2.18. The van der Waals surface area contributed by atoms with Crippen LogP contribution in [0, 0.1) is 6.92 Å². The molecule has 0 amide bonds. The standard InChI is InChI=1S/C8H11NO/c1-6-3-7(9)5-8(4-6)10-2/h3-5H,9H2,1-2H3/i2D3. The quantitative estimate of drug-likeness (QED) is 0.601. The van der Waals surface area contributed by atoms with E-state index in [2.05, 4.69) is 4.74 Å². The van der Waals surface area contributed by atoms with E-state index >= 15 is 0 Å². The summed E-state index contributed by atoms with van der Waals surface area (Å²) >= 11 is 0. The lowest BCUT2D eigenvalue weighted by atomic mass is 10.2. The molecule has 0 heterocycles. The van der Waals surface area contributed by atoms with E-state index in [1.54, 1.807) is 12.1 Å². The van der Waals surface area contributed by atoms with Crippen LogP contribution < -0.4 is 10.5 Å². The van der Waals surface area contributed by atoms with Crippen LogP contribution in [0.1, 0.15) is 9.68 Å². The number of aryl methyl sites for hydroxylation is 1. The SMILES string of the molecule is [2H]C([2H])([2H])Oc1cc(C)cc(N)c1. The molecule has 1 aromatic carbocycles. The molecule has 0 saturated carbocycles. The largest absolute Gasteiger partial charge is 0.497 e. The average molecular weight is 140 g/mol. The van der Waals surface area contributed by atoms with Gasteiger partial charge in [0.05, 0.1) is 11.2 Å². The minimum Gasteiger partial charge on any atom is -0.497 e. The van der Waals surface area contributed by atoms with Gasteiger partial charge in [0.2, 0.25) is 0 Å². The van der Waals surface area contributed by atoms with E-state index in [0.717, 1.165) is 5.56 Å². The number of methoxy groups -OCH3 is 1. The molecule has 0 bridgehead atoms. The van der Waals surface area contributed by atoms with Crippen molar-refractivity contribution >= 4 is 5.69 Å². The van der Waals surface area contributed by atoms with Crippen molar-refractivity contribution in [2.24, 2.45) is 0 Å². The fourth-order valence-electron chi connectivity index (χ4n) is 0.835. The molecular weight excluding hydrogens is 126 g/mol. The number of anilines is 1. The predicted octanol–water partition coefficient (Wildman–Crippen LogP) is 1.59. The highest BCUT2D eigenvalue weighted by atomic mass is 16.5. The highest BCUT2D eigenvalue weighted by Gasteiger charge is 1.92. The number of rotatable bonds is 1. The number of hydrogen-bond donors (Lipinski definition) is 1. The summed E-state index contributed by atoms with van der Waals surface area (Å²) in [5, 5.41) is 0. The molecule has 0 atom stereocenters. The van der Waals surface area contributed by atoms with Gasteiger partial charge in [0.1, 0.15) is 5.75 Å². The molecule has 0 saturated heterocycles. The normalized spacial score (nSPS) is 15.1. The molecule has 0 aliphatic heterocycles. The molecule has 0 unspecified atom stereocenters. The lowest BCUT2D eigenvalue weighted by Gasteiger charge is -2.01. The molecule has 2 nitrogen and oxygen atoms in total. The van der Waals surface area contributed by atoms with Crippen LogP contribution in [0.2, 0.25) is 0 Å². The summed E-state index contributed by atoms with van der Waals surface area (Å²) in [7, 11) is -2.42. The molecule has 2 heteroatoms. The van der Waals surface area contributed by atoms with E-state index in [9.17, 15) is 0 Å². The monoisotopic (exact) mass is 140 g/mol. The highest BCUT2D eigenvalue weighted by Crippen LogP contribution is 2.16. The Balaban J connectivity index is 2.90. The third-order valence-electron chi connectivity index (χ3n) is 1.19. The van der Waals surface area contributed by atoms with Gasteiger partial charge in [-0.3, -0.25) is 0 Å². The lowest BCUT2D eigenvalue weighted by Crippen LogP contribution is -1.88. The molecule has 54 valence electrons. The zero-order chi connectivity index (χ0) is 10.1. The Morgan fingerprint density at radius 3 is 2.90 bits per heavy atom. The average Bonchev–Trinajstić information content (AvgIpc) is 1.78. The van der Waals surface area contributed by atoms with Crippen LogP contribution in [0.15, 0.2) is 18.2 Å². The number of nitrogens with two attached hydrogens (primary N) is 1. The van der Waals surface area contributed by atoms with Gasteiger partial charge in [0.25, 0.3) is 0 Å². The molecule has 0 spiro atoms. The van der Waals surface area contributed by atoms with Gasteiger partial charge < -0.3 is 10.5 Å². The lowest BCUT2D eigenvalue weighted by molar-refractivity contribution is 0.414. The van der Waals surface area contributed by atoms with Crippen molar-refractivity contribution in [2.45, 2.75) is 6.92 Å². The van der Waals surface area contributed by atoms with Gasteiger partial charge in [-0.25, -0.2) is 0 Å². The Hall–Kier alpha value is -1.18. The Labute approximate surface area is 64.8 Å². The summed E-state index contributed by atoms with van der Waals surface area (Å²) in [5.74, 6) is 0.275. The van der Waals surface area contributed by atoms with E-state index in [-0.39, 0.29) is 5.75 Å². The van der Waals surface area contributed by atoms with Gasteiger partial charge >= 0.3 is 0 Å². The number of nitrogen functional groups attached to an aromatic ring is 1. The summed E-state index contributed by atoms with van der Waals surface area (Å²) in [4.78, 5) is 0. The van der Waals surface area contributed by atoms with Crippen LogP contribution in [0.4, 0.5) is 5.69 Å². The van der Waals surface area contributed by atoms with E-state index in [4.69, 9.17) is 9.85 Å². The van der Waals surface area contributed by atoms with E-state index in [1.807, 2.05) is 6.92 Å². The summed E-state index contributed by atoms with van der Waals surface area (Å²) in [6.45, 7) is 1.82. The summed E-state index contributed by atoms with van der Waals surface area (Å²) in [5.41, 5.74) is 6.89. The molecule has 0 aliphatic carbocycles. The van der Waals surface area contributed by atoms with Crippen LogP contribution in [0.3, 0.4) is 0 Å². The first kappa shape index (κ1) is 3.86. The van der Waals surface area contributed by atoms with Crippen molar-refractivity contribution in [3.63, 3.8) is 0 Å². The highest BCUT2D eigenvalue weighted by molar-refractivity contribution is 5.47. The van der Waals surface area contributed by atoms with Gasteiger partial charge in [0, 0.05) is 11.8 Å². The van der Waals surface area contributed by atoms with Crippen molar-refractivity contribution in [1.82, 2.24) is 0 Å². The zero-order valence-corrected chi connectivity index (χ0v) is 5.72. The predicted molar refractivity (Wildman–Crippen MR) is 42.1 cm³/mol. The van der Waals surface area contributed by atoms with Crippen molar-refractivity contribution in [3.8, 4) is 5.75 Å². The van der Waals surface area contributed by atoms with Gasteiger partial charge in [-0.05, 0) is 24.6 Å². The first-order valence-electron chi connectivity index (χ1n) is 4.43. The molecular formula is C8H11NO. The Bertz CT molecular complexity index is 288. The van der Waals surface area contributed by atoms with Gasteiger partial charge in [-0.15, -0.1) is 0 Å². The molecule has 0 aromatic heterocycles. The van der Waals surface area contributed by atoms with Gasteiger partial charge in [0.15, 0.2) is 0 Å². The Kier molecular flexibility index (Phi) is 1.01. The molecule has 0 radical (unpaired) electrons. The third-order valence-corrected chi connectivity index (χ3v) is 1.19. The second-order valence-electron chi connectivity index (χ2n) is 2.18. The number of benzene rings is 1. The molecule has 10 heavy (non-hydrogen) atoms. The van der Waals surface area contributed by atoms with Gasteiger partial charge in [-0.2, -0.15) is 0 Å². The van der Waals surface area contributed by atoms with E-state index in [0.29, 0.717) is 5.69 Å². The molecule has 1 aromatic rings. The van der Waals surface area contributed by atoms with Crippen LogP contribution in [0.25, 0.3) is 0 Å². The van der Waals surface area contributed by atoms with Crippen molar-refractivity contribution in [2.75, 3.05) is 12.8 Å². The molecule has 0 fully saturated rings. The second kappa shape index (κ2) is 2.60. The first-order valence-corrected chi connectivity index (χ1v) is 2.93. The maximum atomic E-state index is 6.88. The summed E-state index contributed by atoms with van der Waals surface area (Å²) in [6, 6.07) is 4.86. The zero-order valence-electron chi connectivity index (χ0n) is 8.72. The van der Waals surface area contributed by atoms with E-state index in [1.165, 1.54) is 6.07 Å². The van der Waals surface area contributed by atoms with Crippen LogP contribution in [-0.2, 0) is 0 Å². The van der Waals surface area contributed by atoms with E-state index < -0.39 is 7.04 Å². The summed E-state index contributed by atoms with van der Waals surface area (Å²) < 4.78 is 25.3. The van der Waals surface area contributed by atoms with Gasteiger partial charge in [-0.1, -0.05) is 0 Å². The minimum atomic E-state index is -2.42.